The van der Waals surface area contributed by atoms with Crippen molar-refractivity contribution in [3.63, 3.8) is 0 Å². The van der Waals surface area contributed by atoms with E-state index in [0.29, 0.717) is 6.42 Å². The zero-order valence-electron chi connectivity index (χ0n) is 12.1. The molecule has 0 radical (unpaired) electrons. The first-order chi connectivity index (χ1) is 9.23. The molecule has 2 rings (SSSR count). The maximum absolute atomic E-state index is 12.5. The fourth-order valence-corrected chi connectivity index (χ4v) is 3.00. The highest BCUT2D eigenvalue weighted by Gasteiger charge is 2.68. The van der Waals surface area contributed by atoms with Gasteiger partial charge < -0.3 is 9.64 Å². The monoisotopic (exact) mass is 315 g/mol. The Kier molecular flexibility index (Phi) is 3.96. The van der Waals surface area contributed by atoms with E-state index in [9.17, 15) is 4.79 Å². The third-order valence-corrected chi connectivity index (χ3v) is 5.33. The van der Waals surface area contributed by atoms with E-state index >= 15 is 0 Å². The summed E-state index contributed by atoms with van der Waals surface area (Å²) in [6.07, 6.45) is 0.502. The first-order valence-electron chi connectivity index (χ1n) is 6.52. The quantitative estimate of drug-likeness (QED) is 0.791. The van der Waals surface area contributed by atoms with Crippen LogP contribution in [0.4, 0.5) is 0 Å². The summed E-state index contributed by atoms with van der Waals surface area (Å²) < 4.78 is 4.20. The minimum atomic E-state index is -0.933. The molecule has 0 bridgehead atoms. The zero-order chi connectivity index (χ0) is 15.1. The lowest BCUT2D eigenvalue weighted by Crippen LogP contribution is -2.37. The van der Waals surface area contributed by atoms with Gasteiger partial charge in [0.05, 0.1) is 18.6 Å². The van der Waals surface area contributed by atoms with Gasteiger partial charge in [-0.05, 0) is 38.0 Å². The van der Waals surface area contributed by atoms with E-state index in [2.05, 4.69) is 0 Å². The van der Waals surface area contributed by atoms with E-state index in [-0.39, 0.29) is 11.9 Å². The van der Waals surface area contributed by atoms with Gasteiger partial charge >= 0.3 is 0 Å². The summed E-state index contributed by atoms with van der Waals surface area (Å²) >= 11 is 12.2. The molecule has 110 valence electrons. The van der Waals surface area contributed by atoms with Gasteiger partial charge in [0.1, 0.15) is 10.1 Å². The van der Waals surface area contributed by atoms with E-state index in [1.165, 1.54) is 0 Å². The first kappa shape index (κ1) is 15.5. The van der Waals surface area contributed by atoms with E-state index in [0.717, 1.165) is 11.3 Å². The Bertz CT molecular complexity index is 515. The highest BCUT2D eigenvalue weighted by atomic mass is 35.5. The summed E-state index contributed by atoms with van der Waals surface area (Å²) in [5.41, 5.74) is 0.367. The average molecular weight is 316 g/mol. The number of methoxy groups -OCH3 is 1. The van der Waals surface area contributed by atoms with Crippen molar-refractivity contribution in [1.29, 1.82) is 0 Å². The van der Waals surface area contributed by atoms with Crippen LogP contribution in [0.25, 0.3) is 0 Å². The molecule has 0 heterocycles. The van der Waals surface area contributed by atoms with Crippen molar-refractivity contribution in [3.8, 4) is 5.75 Å². The number of ether oxygens (including phenoxy) is 1. The molecule has 1 aliphatic rings. The molecule has 1 saturated carbocycles. The molecule has 5 heteroatoms. The molecule has 2 unspecified atom stereocenters. The number of hydrogen-bond donors (Lipinski definition) is 0. The predicted molar refractivity (Wildman–Crippen MR) is 81.3 cm³/mol. The fourth-order valence-electron chi connectivity index (χ4n) is 2.30. The molecule has 2 atom stereocenters. The molecule has 3 nitrogen and oxygen atoms in total. The third kappa shape index (κ3) is 2.49. The van der Waals surface area contributed by atoms with Crippen molar-refractivity contribution in [3.05, 3.63) is 29.8 Å². The van der Waals surface area contributed by atoms with Crippen molar-refractivity contribution < 1.29 is 9.53 Å². The van der Waals surface area contributed by atoms with Crippen LogP contribution in [0.5, 0.6) is 5.75 Å². The lowest BCUT2D eigenvalue weighted by atomic mass is 10.0. The Morgan fingerprint density at radius 2 is 1.85 bits per heavy atom. The Labute approximate surface area is 129 Å². The number of carbonyl (C=O) groups excluding carboxylic acids is 1. The second-order valence-electron chi connectivity index (χ2n) is 5.58. The SMILES string of the molecule is COc1ccc(C(C)N(C)C(=O)C2(C)CC2(Cl)Cl)cc1. The number of amides is 1. The first-order valence-corrected chi connectivity index (χ1v) is 7.27. The zero-order valence-corrected chi connectivity index (χ0v) is 13.6. The summed E-state index contributed by atoms with van der Waals surface area (Å²) in [5, 5.41) is 0. The highest BCUT2D eigenvalue weighted by Crippen LogP contribution is 2.64. The van der Waals surface area contributed by atoms with Gasteiger partial charge in [-0.3, -0.25) is 4.79 Å². The Balaban J connectivity index is 2.12. The van der Waals surface area contributed by atoms with E-state index in [1.54, 1.807) is 19.1 Å². The standard InChI is InChI=1S/C15H19Cl2NO2/c1-10(11-5-7-12(20-4)8-6-11)18(3)13(19)14(2)9-15(14,16)17/h5-8,10H,9H2,1-4H3. The van der Waals surface area contributed by atoms with Crippen LogP contribution >= 0.6 is 23.2 Å². The third-order valence-electron chi connectivity index (χ3n) is 4.23. The molecule has 1 fully saturated rings. The van der Waals surface area contributed by atoms with Gasteiger partial charge in [0, 0.05) is 7.05 Å². The van der Waals surface area contributed by atoms with Gasteiger partial charge in [-0.25, -0.2) is 0 Å². The van der Waals surface area contributed by atoms with Crippen LogP contribution in [0.3, 0.4) is 0 Å². The number of halogens is 2. The molecule has 20 heavy (non-hydrogen) atoms. The minimum Gasteiger partial charge on any atom is -0.497 e. The lowest BCUT2D eigenvalue weighted by molar-refractivity contribution is -0.137. The molecule has 1 aliphatic carbocycles. The summed E-state index contributed by atoms with van der Waals surface area (Å²) in [6, 6.07) is 7.64. The van der Waals surface area contributed by atoms with Gasteiger partial charge in [0.2, 0.25) is 5.91 Å². The number of nitrogens with zero attached hydrogens (tertiary/aromatic N) is 1. The molecule has 1 aromatic rings. The Morgan fingerprint density at radius 3 is 2.25 bits per heavy atom. The van der Waals surface area contributed by atoms with Gasteiger partial charge in [-0.1, -0.05) is 12.1 Å². The summed E-state index contributed by atoms with van der Waals surface area (Å²) in [4.78, 5) is 14.2. The summed E-state index contributed by atoms with van der Waals surface area (Å²) in [5.74, 6) is 0.774. The second kappa shape index (κ2) is 5.12. The molecule has 0 spiro atoms. The van der Waals surface area contributed by atoms with Crippen molar-refractivity contribution in [1.82, 2.24) is 4.90 Å². The maximum Gasteiger partial charge on any atom is 0.231 e. The largest absolute Gasteiger partial charge is 0.497 e. The maximum atomic E-state index is 12.5. The van der Waals surface area contributed by atoms with Gasteiger partial charge in [0.25, 0.3) is 0 Å². The highest BCUT2D eigenvalue weighted by molar-refractivity contribution is 6.53. The molecule has 1 amide bonds. The van der Waals surface area contributed by atoms with Crippen LogP contribution in [0, 0.1) is 5.41 Å². The van der Waals surface area contributed by atoms with E-state index in [1.807, 2.05) is 38.1 Å². The predicted octanol–water partition coefficient (Wildman–Crippen LogP) is 3.80. The van der Waals surface area contributed by atoms with E-state index < -0.39 is 9.75 Å². The van der Waals surface area contributed by atoms with Crippen molar-refractivity contribution >= 4 is 29.1 Å². The normalized spacial score (nSPS) is 24.9. The van der Waals surface area contributed by atoms with Gasteiger partial charge in [-0.2, -0.15) is 0 Å². The molecular formula is C15H19Cl2NO2. The number of hydrogen-bond acceptors (Lipinski definition) is 2. The molecule has 0 aromatic heterocycles. The molecule has 0 saturated heterocycles. The number of rotatable bonds is 4. The van der Waals surface area contributed by atoms with Crippen molar-refractivity contribution in [2.45, 2.75) is 30.6 Å². The van der Waals surface area contributed by atoms with Crippen LogP contribution in [0.1, 0.15) is 31.9 Å². The minimum absolute atomic E-state index is 0.0224. The van der Waals surface area contributed by atoms with Crippen LogP contribution in [-0.4, -0.2) is 29.3 Å². The van der Waals surface area contributed by atoms with Crippen LogP contribution in [-0.2, 0) is 4.79 Å². The van der Waals surface area contributed by atoms with Crippen molar-refractivity contribution in [2.75, 3.05) is 14.2 Å². The fraction of sp³-hybridized carbons (Fsp3) is 0.533. The smallest absolute Gasteiger partial charge is 0.231 e. The Hall–Kier alpha value is -0.930. The summed E-state index contributed by atoms with van der Waals surface area (Å²) in [7, 11) is 3.41. The Morgan fingerprint density at radius 1 is 1.35 bits per heavy atom. The molecular weight excluding hydrogens is 297 g/mol. The topological polar surface area (TPSA) is 29.5 Å². The van der Waals surface area contributed by atoms with Crippen molar-refractivity contribution in [2.24, 2.45) is 5.41 Å². The average Bonchev–Trinajstić information content (AvgIpc) is 2.96. The van der Waals surface area contributed by atoms with Crippen LogP contribution in [0.15, 0.2) is 24.3 Å². The summed E-state index contributed by atoms with van der Waals surface area (Å²) in [6.45, 7) is 3.79. The number of benzene rings is 1. The number of carbonyl (C=O) groups is 1. The molecule has 1 aromatic carbocycles. The van der Waals surface area contributed by atoms with Crippen LogP contribution in [0.2, 0.25) is 0 Å². The van der Waals surface area contributed by atoms with Gasteiger partial charge in [0.15, 0.2) is 0 Å². The second-order valence-corrected chi connectivity index (χ2v) is 7.06. The lowest BCUT2D eigenvalue weighted by Gasteiger charge is -2.28. The molecule has 0 N–H and O–H groups in total. The van der Waals surface area contributed by atoms with Crippen LogP contribution < -0.4 is 4.74 Å². The van der Waals surface area contributed by atoms with E-state index in [4.69, 9.17) is 27.9 Å². The molecule has 0 aliphatic heterocycles. The van der Waals surface area contributed by atoms with Gasteiger partial charge in [-0.15, -0.1) is 23.2 Å². The number of alkyl halides is 2.